The first-order chi connectivity index (χ1) is 17.0. The molecule has 3 aromatic rings. The van der Waals surface area contributed by atoms with E-state index >= 15 is 0 Å². The molecule has 2 amide bonds. The standard InChI is InChI=1S/C29H32N2O3S/c1-19(2)31(29(33)25-17-24(25)20-7-5-4-6-8-20)18-27(32)30-15-13-26-23(14-16-35-26)28(30)21-9-11-22(34-3)12-10-21/h4-12,14,16,19,24-25,28H,13,15,17-18H2,1-3H3. The van der Waals surface area contributed by atoms with Crippen molar-refractivity contribution in [3.8, 4) is 5.75 Å². The summed E-state index contributed by atoms with van der Waals surface area (Å²) in [6.07, 6.45) is 1.70. The van der Waals surface area contributed by atoms with Gasteiger partial charge in [-0.1, -0.05) is 42.5 Å². The van der Waals surface area contributed by atoms with Gasteiger partial charge in [0.05, 0.1) is 13.2 Å². The quantitative estimate of drug-likeness (QED) is 0.455. The minimum atomic E-state index is -0.148. The second-order valence-corrected chi connectivity index (χ2v) is 10.7. The molecular weight excluding hydrogens is 456 g/mol. The fourth-order valence-corrected chi connectivity index (χ4v) is 6.14. The highest BCUT2D eigenvalue weighted by Gasteiger charge is 2.46. The van der Waals surface area contributed by atoms with Gasteiger partial charge in [-0.3, -0.25) is 9.59 Å². The lowest BCUT2D eigenvalue weighted by atomic mass is 9.93. The van der Waals surface area contributed by atoms with Crippen LogP contribution in [-0.4, -0.2) is 47.9 Å². The summed E-state index contributed by atoms with van der Waals surface area (Å²) in [7, 11) is 1.65. The van der Waals surface area contributed by atoms with Crippen molar-refractivity contribution in [3.63, 3.8) is 0 Å². The van der Waals surface area contributed by atoms with Gasteiger partial charge in [-0.15, -0.1) is 11.3 Å². The summed E-state index contributed by atoms with van der Waals surface area (Å²) in [5.74, 6) is 1.12. The van der Waals surface area contributed by atoms with Crippen molar-refractivity contribution in [1.82, 2.24) is 9.80 Å². The lowest BCUT2D eigenvalue weighted by Gasteiger charge is -2.38. The number of rotatable bonds is 7. The number of ether oxygens (including phenoxy) is 1. The number of nitrogens with zero attached hydrogens (tertiary/aromatic N) is 2. The van der Waals surface area contributed by atoms with E-state index in [1.54, 1.807) is 23.3 Å². The van der Waals surface area contributed by atoms with E-state index < -0.39 is 0 Å². The third-order valence-electron chi connectivity index (χ3n) is 7.27. The molecule has 0 radical (unpaired) electrons. The molecule has 1 saturated carbocycles. The molecule has 6 heteroatoms. The highest BCUT2D eigenvalue weighted by atomic mass is 32.1. The average molecular weight is 489 g/mol. The van der Waals surface area contributed by atoms with Crippen LogP contribution >= 0.6 is 11.3 Å². The molecule has 5 rings (SSSR count). The highest BCUT2D eigenvalue weighted by molar-refractivity contribution is 7.10. The van der Waals surface area contributed by atoms with Crippen LogP contribution in [0, 0.1) is 5.92 Å². The minimum Gasteiger partial charge on any atom is -0.497 e. The molecule has 182 valence electrons. The zero-order valence-corrected chi connectivity index (χ0v) is 21.3. The molecule has 1 aromatic heterocycles. The van der Waals surface area contributed by atoms with Crippen LogP contribution < -0.4 is 4.74 Å². The normalized spacial score (nSPS) is 20.9. The fraction of sp³-hybridized carbons (Fsp3) is 0.379. The second kappa shape index (κ2) is 9.86. The number of carbonyl (C=O) groups is 2. The Hall–Kier alpha value is -3.12. The summed E-state index contributed by atoms with van der Waals surface area (Å²) in [5, 5.41) is 2.11. The van der Waals surface area contributed by atoms with Crippen molar-refractivity contribution >= 4 is 23.2 Å². The molecule has 0 saturated heterocycles. The summed E-state index contributed by atoms with van der Waals surface area (Å²) in [6, 6.07) is 20.1. The maximum atomic E-state index is 13.8. The van der Waals surface area contributed by atoms with Gasteiger partial charge in [0.1, 0.15) is 12.3 Å². The summed E-state index contributed by atoms with van der Waals surface area (Å²) < 4.78 is 5.34. The van der Waals surface area contributed by atoms with Crippen LogP contribution in [0.4, 0.5) is 0 Å². The molecule has 3 unspecified atom stereocenters. The van der Waals surface area contributed by atoms with Gasteiger partial charge >= 0.3 is 0 Å². The molecule has 1 aliphatic carbocycles. The van der Waals surface area contributed by atoms with Crippen molar-refractivity contribution in [1.29, 1.82) is 0 Å². The van der Waals surface area contributed by atoms with Crippen LogP contribution in [0.2, 0.25) is 0 Å². The zero-order chi connectivity index (χ0) is 24.5. The molecule has 5 nitrogen and oxygen atoms in total. The molecule has 0 bridgehead atoms. The van der Waals surface area contributed by atoms with Gasteiger partial charge in [0.25, 0.3) is 0 Å². The first kappa shape index (κ1) is 23.6. The van der Waals surface area contributed by atoms with E-state index in [4.69, 9.17) is 4.74 Å². The fourth-order valence-electron chi connectivity index (χ4n) is 5.23. The third-order valence-corrected chi connectivity index (χ3v) is 8.26. The number of fused-ring (bicyclic) bond motifs is 1. The number of amides is 2. The molecule has 2 aliphatic rings. The molecule has 1 aliphatic heterocycles. The molecule has 2 heterocycles. The number of benzene rings is 2. The topological polar surface area (TPSA) is 49.9 Å². The highest BCUT2D eigenvalue weighted by Crippen LogP contribution is 2.48. The Morgan fingerprint density at radius 2 is 1.80 bits per heavy atom. The molecule has 0 spiro atoms. The van der Waals surface area contributed by atoms with Crippen LogP contribution in [0.3, 0.4) is 0 Å². The van der Waals surface area contributed by atoms with Crippen LogP contribution in [0.5, 0.6) is 5.75 Å². The first-order valence-corrected chi connectivity index (χ1v) is 13.2. The van der Waals surface area contributed by atoms with E-state index in [0.29, 0.717) is 6.54 Å². The van der Waals surface area contributed by atoms with Crippen molar-refractivity contribution in [2.45, 2.75) is 44.7 Å². The molecule has 1 fully saturated rings. The predicted octanol–water partition coefficient (Wildman–Crippen LogP) is 5.27. The van der Waals surface area contributed by atoms with Crippen LogP contribution in [0.15, 0.2) is 66.0 Å². The van der Waals surface area contributed by atoms with E-state index in [2.05, 4.69) is 23.6 Å². The second-order valence-electron chi connectivity index (χ2n) is 9.73. The van der Waals surface area contributed by atoms with E-state index in [1.807, 2.05) is 61.2 Å². The van der Waals surface area contributed by atoms with Gasteiger partial charge in [0.15, 0.2) is 0 Å². The average Bonchev–Trinajstić information content (AvgIpc) is 3.55. The lowest BCUT2D eigenvalue weighted by Crippen LogP contribution is -2.49. The number of methoxy groups -OCH3 is 1. The van der Waals surface area contributed by atoms with Crippen LogP contribution in [0.1, 0.15) is 53.8 Å². The van der Waals surface area contributed by atoms with Gasteiger partial charge in [0, 0.05) is 23.4 Å². The zero-order valence-electron chi connectivity index (χ0n) is 20.5. The maximum Gasteiger partial charge on any atom is 0.243 e. The Kier molecular flexibility index (Phi) is 6.65. The van der Waals surface area contributed by atoms with Crippen molar-refractivity contribution in [3.05, 3.63) is 87.6 Å². The SMILES string of the molecule is COc1ccc(C2c3ccsc3CCN2C(=O)CN(C(=O)C2CC2c2ccccc2)C(C)C)cc1. The summed E-state index contributed by atoms with van der Waals surface area (Å²) >= 11 is 1.75. The Balaban J connectivity index is 1.36. The van der Waals surface area contributed by atoms with E-state index in [-0.39, 0.29) is 42.3 Å². The Morgan fingerprint density at radius 3 is 2.49 bits per heavy atom. The molecule has 2 aromatic carbocycles. The van der Waals surface area contributed by atoms with Crippen LogP contribution in [0.25, 0.3) is 0 Å². The summed E-state index contributed by atoms with van der Waals surface area (Å²) in [4.78, 5) is 32.3. The molecular formula is C29H32N2O3S. The number of hydrogen-bond donors (Lipinski definition) is 0. The minimum absolute atomic E-state index is 0.00151. The van der Waals surface area contributed by atoms with Crippen molar-refractivity contribution in [2.75, 3.05) is 20.2 Å². The summed E-state index contributed by atoms with van der Waals surface area (Å²) in [5.41, 5.74) is 3.46. The largest absolute Gasteiger partial charge is 0.497 e. The smallest absolute Gasteiger partial charge is 0.243 e. The van der Waals surface area contributed by atoms with E-state index in [1.165, 1.54) is 16.0 Å². The van der Waals surface area contributed by atoms with Crippen molar-refractivity contribution in [2.24, 2.45) is 5.92 Å². The number of thiophene rings is 1. The number of hydrogen-bond acceptors (Lipinski definition) is 4. The Bertz CT molecular complexity index is 1190. The molecule has 0 N–H and O–H groups in total. The van der Waals surface area contributed by atoms with Gasteiger partial charge in [-0.05, 0) is 72.9 Å². The number of carbonyl (C=O) groups excluding carboxylic acids is 2. The van der Waals surface area contributed by atoms with Gasteiger partial charge in [-0.25, -0.2) is 0 Å². The summed E-state index contributed by atoms with van der Waals surface area (Å²) in [6.45, 7) is 4.76. The van der Waals surface area contributed by atoms with Gasteiger partial charge in [0.2, 0.25) is 11.8 Å². The lowest BCUT2D eigenvalue weighted by molar-refractivity contribution is -0.144. The van der Waals surface area contributed by atoms with Gasteiger partial charge < -0.3 is 14.5 Å². The van der Waals surface area contributed by atoms with E-state index in [9.17, 15) is 9.59 Å². The van der Waals surface area contributed by atoms with E-state index in [0.717, 1.165) is 24.2 Å². The monoisotopic (exact) mass is 488 g/mol. The van der Waals surface area contributed by atoms with Gasteiger partial charge in [-0.2, -0.15) is 0 Å². The molecule has 35 heavy (non-hydrogen) atoms. The maximum absolute atomic E-state index is 13.8. The third kappa shape index (κ3) is 4.72. The Morgan fingerprint density at radius 1 is 1.06 bits per heavy atom. The Labute approximate surface area is 211 Å². The first-order valence-electron chi connectivity index (χ1n) is 12.3. The molecule has 3 atom stereocenters. The van der Waals surface area contributed by atoms with Crippen molar-refractivity contribution < 1.29 is 14.3 Å². The van der Waals surface area contributed by atoms with Crippen LogP contribution in [-0.2, 0) is 16.0 Å². The predicted molar refractivity (Wildman–Crippen MR) is 139 cm³/mol.